The smallest absolute Gasteiger partial charge is 0.341 e. The number of amides is 1. The lowest BCUT2D eigenvalue weighted by molar-refractivity contribution is 0.0526. The number of carbonyl (C=O) groups is 2. The standard InChI is InChI=1S/C27H27N3O3S2/c1-4-33-27(32)21-17-10-7-15(3)13-20(17)34-26(21)30-24(31)23-22(28)18-11-12-19(29-25(18)35-23)16-8-5-14(2)6-9-16/h5-6,8-9,11-12,15H,4,7,10,13,28H2,1-3H3,(H,30,31). The van der Waals surface area contributed by atoms with Crippen LogP contribution < -0.4 is 11.1 Å². The Balaban J connectivity index is 1.48. The van der Waals surface area contributed by atoms with Crippen molar-refractivity contribution in [2.24, 2.45) is 5.92 Å². The zero-order valence-corrected chi connectivity index (χ0v) is 21.6. The fraction of sp³-hybridized carbons (Fsp3) is 0.296. The summed E-state index contributed by atoms with van der Waals surface area (Å²) in [6, 6.07) is 12.0. The van der Waals surface area contributed by atoms with Crippen LogP contribution in [0.1, 0.15) is 56.3 Å². The summed E-state index contributed by atoms with van der Waals surface area (Å²) >= 11 is 2.74. The summed E-state index contributed by atoms with van der Waals surface area (Å²) in [6.07, 6.45) is 2.73. The summed E-state index contributed by atoms with van der Waals surface area (Å²) < 4.78 is 5.33. The zero-order valence-electron chi connectivity index (χ0n) is 19.9. The minimum atomic E-state index is -0.386. The normalized spacial score (nSPS) is 15.1. The molecule has 35 heavy (non-hydrogen) atoms. The fourth-order valence-corrected chi connectivity index (χ4v) is 6.85. The Hall–Kier alpha value is -3.23. The van der Waals surface area contributed by atoms with Gasteiger partial charge in [0.15, 0.2) is 0 Å². The van der Waals surface area contributed by atoms with E-state index in [4.69, 9.17) is 15.5 Å². The van der Waals surface area contributed by atoms with Gasteiger partial charge >= 0.3 is 5.97 Å². The molecular formula is C27H27N3O3S2. The highest BCUT2D eigenvalue weighted by Crippen LogP contribution is 2.41. The van der Waals surface area contributed by atoms with E-state index in [1.165, 1.54) is 28.2 Å². The van der Waals surface area contributed by atoms with E-state index in [0.717, 1.165) is 46.3 Å². The van der Waals surface area contributed by atoms with Gasteiger partial charge in [-0.15, -0.1) is 22.7 Å². The highest BCUT2D eigenvalue weighted by molar-refractivity contribution is 7.21. The summed E-state index contributed by atoms with van der Waals surface area (Å²) in [5, 5.41) is 4.26. The molecule has 180 valence electrons. The SMILES string of the molecule is CCOC(=O)c1c(NC(=O)c2sc3nc(-c4ccc(C)cc4)ccc3c2N)sc2c1CCC(C)C2. The molecule has 1 atom stereocenters. The van der Waals surface area contributed by atoms with Gasteiger partial charge in [-0.25, -0.2) is 9.78 Å². The van der Waals surface area contributed by atoms with E-state index in [-0.39, 0.29) is 18.5 Å². The van der Waals surface area contributed by atoms with Gasteiger partial charge in [-0.2, -0.15) is 0 Å². The molecule has 1 aliphatic rings. The summed E-state index contributed by atoms with van der Waals surface area (Å²) in [4.78, 5) is 33.2. The van der Waals surface area contributed by atoms with Crippen LogP contribution in [-0.4, -0.2) is 23.5 Å². The number of nitrogens with one attached hydrogen (secondary N) is 1. The fourth-order valence-electron chi connectivity index (χ4n) is 4.47. The predicted molar refractivity (Wildman–Crippen MR) is 144 cm³/mol. The molecule has 5 rings (SSSR count). The quantitative estimate of drug-likeness (QED) is 0.303. The molecular weight excluding hydrogens is 478 g/mol. The number of hydrogen-bond donors (Lipinski definition) is 2. The number of thiophene rings is 2. The van der Waals surface area contributed by atoms with Crippen molar-refractivity contribution in [3.8, 4) is 11.3 Å². The molecule has 8 heteroatoms. The van der Waals surface area contributed by atoms with Crippen molar-refractivity contribution >= 4 is 55.5 Å². The average Bonchev–Trinajstić information content (AvgIpc) is 3.36. The molecule has 0 radical (unpaired) electrons. The maximum atomic E-state index is 13.4. The van der Waals surface area contributed by atoms with E-state index < -0.39 is 0 Å². The lowest BCUT2D eigenvalue weighted by Gasteiger charge is -2.18. The minimum absolute atomic E-state index is 0.283. The van der Waals surface area contributed by atoms with Crippen molar-refractivity contribution in [2.75, 3.05) is 17.7 Å². The summed E-state index contributed by atoms with van der Waals surface area (Å²) in [5.41, 5.74) is 11.3. The van der Waals surface area contributed by atoms with Crippen molar-refractivity contribution in [3.63, 3.8) is 0 Å². The van der Waals surface area contributed by atoms with Gasteiger partial charge < -0.3 is 15.8 Å². The second kappa shape index (κ2) is 9.43. The molecule has 0 fully saturated rings. The molecule has 3 heterocycles. The van der Waals surface area contributed by atoms with Gasteiger partial charge in [-0.05, 0) is 56.7 Å². The van der Waals surface area contributed by atoms with Crippen LogP contribution >= 0.6 is 22.7 Å². The van der Waals surface area contributed by atoms with Crippen molar-refractivity contribution in [1.29, 1.82) is 0 Å². The number of pyridine rings is 1. The van der Waals surface area contributed by atoms with Gasteiger partial charge in [0.1, 0.15) is 14.7 Å². The Morgan fingerprint density at radius 3 is 2.69 bits per heavy atom. The monoisotopic (exact) mass is 505 g/mol. The molecule has 1 unspecified atom stereocenters. The second-order valence-corrected chi connectivity index (χ2v) is 11.1. The highest BCUT2D eigenvalue weighted by atomic mass is 32.1. The molecule has 6 nitrogen and oxygen atoms in total. The molecule has 3 aromatic heterocycles. The molecule has 0 saturated heterocycles. The molecule has 1 aliphatic carbocycles. The maximum absolute atomic E-state index is 13.4. The van der Waals surface area contributed by atoms with Crippen molar-refractivity contribution in [3.05, 3.63) is 62.8 Å². The molecule has 1 aromatic carbocycles. The number of aryl methyl sites for hydroxylation is 1. The van der Waals surface area contributed by atoms with Crippen LogP contribution in [0.15, 0.2) is 36.4 Å². The van der Waals surface area contributed by atoms with Crippen molar-refractivity contribution in [2.45, 2.75) is 40.0 Å². The van der Waals surface area contributed by atoms with Crippen LogP contribution in [0.4, 0.5) is 10.7 Å². The first-order valence-corrected chi connectivity index (χ1v) is 13.4. The van der Waals surface area contributed by atoms with Crippen LogP contribution in [0.25, 0.3) is 21.5 Å². The van der Waals surface area contributed by atoms with Crippen LogP contribution in [0.3, 0.4) is 0 Å². The highest BCUT2D eigenvalue weighted by Gasteiger charge is 2.30. The number of carbonyl (C=O) groups excluding carboxylic acids is 2. The van der Waals surface area contributed by atoms with Gasteiger partial charge in [0.2, 0.25) is 0 Å². The minimum Gasteiger partial charge on any atom is -0.462 e. The van der Waals surface area contributed by atoms with E-state index in [2.05, 4.69) is 12.2 Å². The summed E-state index contributed by atoms with van der Waals surface area (Å²) in [5.74, 6) is -0.171. The van der Waals surface area contributed by atoms with Gasteiger partial charge in [0, 0.05) is 15.8 Å². The third-order valence-corrected chi connectivity index (χ3v) is 8.65. The number of aromatic nitrogens is 1. The average molecular weight is 506 g/mol. The number of esters is 1. The Morgan fingerprint density at radius 2 is 1.94 bits per heavy atom. The van der Waals surface area contributed by atoms with E-state index in [1.807, 2.05) is 43.3 Å². The Morgan fingerprint density at radius 1 is 1.17 bits per heavy atom. The number of rotatable bonds is 5. The van der Waals surface area contributed by atoms with Crippen LogP contribution in [-0.2, 0) is 17.6 Å². The number of ether oxygens (including phenoxy) is 1. The molecule has 1 amide bonds. The Kier molecular flexibility index (Phi) is 6.34. The van der Waals surface area contributed by atoms with Crippen molar-refractivity contribution < 1.29 is 14.3 Å². The zero-order chi connectivity index (χ0) is 24.7. The van der Waals surface area contributed by atoms with E-state index >= 15 is 0 Å². The predicted octanol–water partition coefficient (Wildman–Crippen LogP) is 6.47. The van der Waals surface area contributed by atoms with Crippen LogP contribution in [0.5, 0.6) is 0 Å². The lowest BCUT2D eigenvalue weighted by Crippen LogP contribution is -2.16. The van der Waals surface area contributed by atoms with Gasteiger partial charge in [-0.1, -0.05) is 36.8 Å². The first-order chi connectivity index (χ1) is 16.9. The third-order valence-electron chi connectivity index (χ3n) is 6.37. The van der Waals surface area contributed by atoms with Gasteiger partial charge in [0.25, 0.3) is 5.91 Å². The number of nitrogens with zero attached hydrogens (tertiary/aromatic N) is 1. The molecule has 0 bridgehead atoms. The number of anilines is 2. The molecule has 3 N–H and O–H groups in total. The second-order valence-electron chi connectivity index (χ2n) is 8.99. The maximum Gasteiger partial charge on any atom is 0.341 e. The summed E-state index contributed by atoms with van der Waals surface area (Å²) in [6.45, 7) is 6.32. The number of fused-ring (bicyclic) bond motifs is 2. The van der Waals surface area contributed by atoms with Crippen LogP contribution in [0, 0.1) is 12.8 Å². The first-order valence-electron chi connectivity index (χ1n) is 11.7. The number of hydrogen-bond acceptors (Lipinski definition) is 7. The molecule has 0 spiro atoms. The van der Waals surface area contributed by atoms with E-state index in [9.17, 15) is 9.59 Å². The lowest BCUT2D eigenvalue weighted by atomic mass is 9.88. The first kappa shape index (κ1) is 23.5. The number of benzene rings is 1. The Labute approximate surface area is 212 Å². The number of nitrogens with two attached hydrogens (primary N) is 1. The largest absolute Gasteiger partial charge is 0.462 e. The Bertz CT molecular complexity index is 1440. The van der Waals surface area contributed by atoms with Gasteiger partial charge in [-0.3, -0.25) is 4.79 Å². The topological polar surface area (TPSA) is 94.3 Å². The summed E-state index contributed by atoms with van der Waals surface area (Å²) in [7, 11) is 0. The van der Waals surface area contributed by atoms with Crippen LogP contribution in [0.2, 0.25) is 0 Å². The molecule has 4 aromatic rings. The molecule has 0 saturated carbocycles. The third kappa shape index (κ3) is 4.44. The molecule has 0 aliphatic heterocycles. The van der Waals surface area contributed by atoms with Gasteiger partial charge in [0.05, 0.1) is 23.6 Å². The van der Waals surface area contributed by atoms with E-state index in [0.29, 0.717) is 31.9 Å². The number of nitrogen functional groups attached to an aromatic ring is 1. The van der Waals surface area contributed by atoms with E-state index in [1.54, 1.807) is 6.92 Å². The van der Waals surface area contributed by atoms with Crippen molar-refractivity contribution in [1.82, 2.24) is 4.98 Å².